The lowest BCUT2D eigenvalue weighted by atomic mass is 9.94. The number of Topliss-reactive ketones (excluding diaryl/α,β-unsaturated/α-hetero) is 1. The van der Waals surface area contributed by atoms with Gasteiger partial charge in [0, 0.05) is 24.7 Å². The van der Waals surface area contributed by atoms with Gasteiger partial charge in [0.2, 0.25) is 5.90 Å². The van der Waals surface area contributed by atoms with E-state index in [2.05, 4.69) is 9.98 Å². The molecule has 5 nitrogen and oxygen atoms in total. The van der Waals surface area contributed by atoms with E-state index in [1.54, 1.807) is 18.3 Å². The first-order valence-corrected chi connectivity index (χ1v) is 8.60. The standard InChI is InChI=1S/C20H21FN2O3/c1-13(14-2-4-16(21)5-3-14)8-18(25)10-17-9-15-11-23-20(26-7-6-24)19(15)12-22-17/h2-5,9,12-13,24H,6-8,10-11H2,1H3/t13-/m0/s1. The van der Waals surface area contributed by atoms with Crippen LogP contribution in [0.3, 0.4) is 0 Å². The van der Waals surface area contributed by atoms with Crippen molar-refractivity contribution in [3.63, 3.8) is 0 Å². The van der Waals surface area contributed by atoms with E-state index in [4.69, 9.17) is 9.84 Å². The van der Waals surface area contributed by atoms with Crippen molar-refractivity contribution < 1.29 is 19.0 Å². The minimum Gasteiger partial charge on any atom is -0.475 e. The number of nitrogens with zero attached hydrogens (tertiary/aromatic N) is 2. The molecule has 3 rings (SSSR count). The number of pyridine rings is 1. The summed E-state index contributed by atoms with van der Waals surface area (Å²) in [4.78, 5) is 21.0. The van der Waals surface area contributed by atoms with Gasteiger partial charge >= 0.3 is 0 Å². The van der Waals surface area contributed by atoms with Crippen molar-refractivity contribution in [3.8, 4) is 0 Å². The number of rotatable bonds is 7. The third-order valence-electron chi connectivity index (χ3n) is 4.35. The molecule has 1 aliphatic heterocycles. The van der Waals surface area contributed by atoms with Gasteiger partial charge in [-0.2, -0.15) is 0 Å². The van der Waals surface area contributed by atoms with Crippen molar-refractivity contribution >= 4 is 11.7 Å². The highest BCUT2D eigenvalue weighted by Crippen LogP contribution is 2.22. The zero-order valence-electron chi connectivity index (χ0n) is 14.6. The van der Waals surface area contributed by atoms with Crippen LogP contribution in [-0.4, -0.2) is 35.0 Å². The van der Waals surface area contributed by atoms with Gasteiger partial charge in [-0.3, -0.25) is 9.78 Å². The summed E-state index contributed by atoms with van der Waals surface area (Å²) in [5.74, 6) is 0.327. The number of ether oxygens (including phenoxy) is 1. The van der Waals surface area contributed by atoms with Gasteiger partial charge in [0.15, 0.2) is 0 Å². The Morgan fingerprint density at radius 1 is 1.35 bits per heavy atom. The van der Waals surface area contributed by atoms with E-state index in [0.717, 1.165) is 16.7 Å². The van der Waals surface area contributed by atoms with Crippen molar-refractivity contribution in [3.05, 3.63) is 64.7 Å². The zero-order valence-corrected chi connectivity index (χ0v) is 14.6. The number of aliphatic hydroxyl groups excluding tert-OH is 1. The second-order valence-electron chi connectivity index (χ2n) is 6.40. The lowest BCUT2D eigenvalue weighted by Gasteiger charge is -2.11. The first kappa shape index (κ1) is 18.2. The first-order chi connectivity index (χ1) is 12.6. The molecule has 26 heavy (non-hydrogen) atoms. The van der Waals surface area contributed by atoms with Crippen molar-refractivity contribution in [1.82, 2.24) is 4.98 Å². The average Bonchev–Trinajstić information content (AvgIpc) is 3.02. The lowest BCUT2D eigenvalue weighted by Crippen LogP contribution is -2.11. The zero-order chi connectivity index (χ0) is 18.5. The highest BCUT2D eigenvalue weighted by atomic mass is 19.1. The molecule has 136 valence electrons. The molecule has 6 heteroatoms. The van der Waals surface area contributed by atoms with E-state index >= 15 is 0 Å². The van der Waals surface area contributed by atoms with Crippen LogP contribution in [0.4, 0.5) is 4.39 Å². The molecular weight excluding hydrogens is 335 g/mol. The molecule has 0 unspecified atom stereocenters. The Labute approximate surface area is 151 Å². The minimum absolute atomic E-state index is 0.0272. The van der Waals surface area contributed by atoms with Gasteiger partial charge in [-0.05, 0) is 35.2 Å². The quantitative estimate of drug-likeness (QED) is 0.828. The highest BCUT2D eigenvalue weighted by Gasteiger charge is 2.19. The van der Waals surface area contributed by atoms with Crippen LogP contribution in [0, 0.1) is 5.82 Å². The Balaban J connectivity index is 1.59. The summed E-state index contributed by atoms with van der Waals surface area (Å²) in [6.45, 7) is 2.58. The maximum Gasteiger partial charge on any atom is 0.218 e. The Hall–Kier alpha value is -2.60. The van der Waals surface area contributed by atoms with Crippen molar-refractivity contribution in [2.24, 2.45) is 4.99 Å². The SMILES string of the molecule is C[C@@H](CC(=O)Cc1cc2c(cn1)C(OCCO)=NC2)c1ccc(F)cc1. The largest absolute Gasteiger partial charge is 0.475 e. The van der Waals surface area contributed by atoms with Crippen LogP contribution in [0.2, 0.25) is 0 Å². The molecule has 1 atom stereocenters. The van der Waals surface area contributed by atoms with Gasteiger partial charge in [-0.25, -0.2) is 9.38 Å². The van der Waals surface area contributed by atoms with Gasteiger partial charge in [-0.1, -0.05) is 19.1 Å². The fourth-order valence-electron chi connectivity index (χ4n) is 3.00. The number of halogens is 1. The molecule has 2 heterocycles. The number of carbonyl (C=O) groups excluding carboxylic acids is 1. The fraction of sp³-hybridized carbons (Fsp3) is 0.350. The highest BCUT2D eigenvalue weighted by molar-refractivity contribution is 5.97. The predicted octanol–water partition coefficient (Wildman–Crippen LogP) is 2.80. The number of carbonyl (C=O) groups is 1. The summed E-state index contributed by atoms with van der Waals surface area (Å²) >= 11 is 0. The Morgan fingerprint density at radius 2 is 2.12 bits per heavy atom. The molecule has 0 radical (unpaired) electrons. The van der Waals surface area contributed by atoms with Crippen LogP contribution in [0.1, 0.15) is 41.6 Å². The van der Waals surface area contributed by atoms with E-state index < -0.39 is 0 Å². The normalized spacial score (nSPS) is 13.9. The Bertz CT molecular complexity index is 818. The number of fused-ring (bicyclic) bond motifs is 1. The number of aromatic nitrogens is 1. The molecule has 1 aliphatic rings. The molecule has 2 aromatic rings. The van der Waals surface area contributed by atoms with Gasteiger partial charge < -0.3 is 9.84 Å². The van der Waals surface area contributed by atoms with Gasteiger partial charge in [0.05, 0.1) is 18.7 Å². The molecular formula is C20H21FN2O3. The van der Waals surface area contributed by atoms with Gasteiger partial charge in [0.25, 0.3) is 0 Å². The van der Waals surface area contributed by atoms with Crippen molar-refractivity contribution in [2.45, 2.75) is 32.2 Å². The molecule has 1 N–H and O–H groups in total. The smallest absolute Gasteiger partial charge is 0.218 e. The monoisotopic (exact) mass is 356 g/mol. The number of ketones is 1. The molecule has 1 aromatic carbocycles. The topological polar surface area (TPSA) is 71.8 Å². The van der Waals surface area contributed by atoms with Gasteiger partial charge in [-0.15, -0.1) is 0 Å². The maximum absolute atomic E-state index is 13.0. The van der Waals surface area contributed by atoms with Crippen molar-refractivity contribution in [1.29, 1.82) is 0 Å². The molecule has 0 spiro atoms. The second-order valence-corrected chi connectivity index (χ2v) is 6.40. The maximum atomic E-state index is 13.0. The summed E-state index contributed by atoms with van der Waals surface area (Å²) in [6, 6.07) is 8.14. The molecule has 0 fully saturated rings. The first-order valence-electron chi connectivity index (χ1n) is 8.60. The molecule has 0 amide bonds. The fourth-order valence-corrected chi connectivity index (χ4v) is 3.00. The van der Waals surface area contributed by atoms with E-state index in [9.17, 15) is 9.18 Å². The van der Waals surface area contributed by atoms with E-state index in [0.29, 0.717) is 24.6 Å². The van der Waals surface area contributed by atoms with E-state index in [1.807, 2.05) is 13.0 Å². The molecule has 0 aliphatic carbocycles. The van der Waals surface area contributed by atoms with Gasteiger partial charge in [0.1, 0.15) is 18.2 Å². The average molecular weight is 356 g/mol. The summed E-state index contributed by atoms with van der Waals surface area (Å²) in [7, 11) is 0. The third kappa shape index (κ3) is 4.32. The third-order valence-corrected chi connectivity index (χ3v) is 4.35. The number of hydrogen-bond acceptors (Lipinski definition) is 5. The van der Waals surface area contributed by atoms with Crippen LogP contribution in [0.25, 0.3) is 0 Å². The van der Waals surface area contributed by atoms with Crippen LogP contribution in [-0.2, 0) is 22.5 Å². The Morgan fingerprint density at radius 3 is 2.85 bits per heavy atom. The summed E-state index contributed by atoms with van der Waals surface area (Å²) in [5, 5.41) is 8.83. The van der Waals surface area contributed by atoms with Crippen LogP contribution in [0.15, 0.2) is 41.5 Å². The second kappa shape index (κ2) is 8.19. The number of aliphatic imine (C=N–C) groups is 1. The Kier molecular flexibility index (Phi) is 5.73. The van der Waals surface area contributed by atoms with Crippen molar-refractivity contribution in [2.75, 3.05) is 13.2 Å². The van der Waals surface area contributed by atoms with E-state index in [-0.39, 0.29) is 37.2 Å². The van der Waals surface area contributed by atoms with Crippen LogP contribution < -0.4 is 0 Å². The summed E-state index contributed by atoms with van der Waals surface area (Å²) in [5.41, 5.74) is 3.44. The minimum atomic E-state index is -0.279. The van der Waals surface area contributed by atoms with Crippen LogP contribution in [0.5, 0.6) is 0 Å². The molecule has 0 saturated carbocycles. The number of benzene rings is 1. The van der Waals surface area contributed by atoms with Crippen LogP contribution >= 0.6 is 0 Å². The number of aliphatic hydroxyl groups is 1. The summed E-state index contributed by atoms with van der Waals surface area (Å²) < 4.78 is 18.4. The summed E-state index contributed by atoms with van der Waals surface area (Å²) in [6.07, 6.45) is 2.31. The number of hydrogen-bond donors (Lipinski definition) is 1. The lowest BCUT2D eigenvalue weighted by molar-refractivity contribution is -0.118. The molecule has 0 bridgehead atoms. The predicted molar refractivity (Wildman–Crippen MR) is 95.7 cm³/mol. The molecule has 1 aromatic heterocycles. The van der Waals surface area contributed by atoms with E-state index in [1.165, 1.54) is 12.1 Å². The molecule has 0 saturated heterocycles.